The van der Waals surface area contributed by atoms with Crippen LogP contribution in [0, 0.1) is 0 Å². The number of ether oxygens (including phenoxy) is 1. The number of rotatable bonds is 6. The first-order valence-electron chi connectivity index (χ1n) is 11.6. The van der Waals surface area contributed by atoms with E-state index in [4.69, 9.17) is 10.5 Å². The Labute approximate surface area is 200 Å². The molecule has 0 amide bonds. The van der Waals surface area contributed by atoms with E-state index >= 15 is 0 Å². The quantitative estimate of drug-likeness (QED) is 0.542. The van der Waals surface area contributed by atoms with Crippen molar-refractivity contribution >= 4 is 5.97 Å². The first-order chi connectivity index (χ1) is 16.6. The number of dihydropyridines is 1. The van der Waals surface area contributed by atoms with Crippen molar-refractivity contribution in [1.82, 2.24) is 10.2 Å². The topological polar surface area (TPSA) is 67.6 Å². The number of hydrogen-bond acceptors (Lipinski definition) is 5. The van der Waals surface area contributed by atoms with Gasteiger partial charge in [-0.2, -0.15) is 0 Å². The fourth-order valence-electron chi connectivity index (χ4n) is 4.84. The van der Waals surface area contributed by atoms with Gasteiger partial charge in [-0.15, -0.1) is 0 Å². The van der Waals surface area contributed by atoms with Gasteiger partial charge >= 0.3 is 5.97 Å². The highest BCUT2D eigenvalue weighted by molar-refractivity contribution is 5.92. The van der Waals surface area contributed by atoms with Crippen molar-refractivity contribution in [2.24, 2.45) is 5.73 Å². The van der Waals surface area contributed by atoms with Gasteiger partial charge in [-0.05, 0) is 23.6 Å². The summed E-state index contributed by atoms with van der Waals surface area (Å²) in [4.78, 5) is 15.6. The normalized spacial score (nSPS) is 18.8. The summed E-state index contributed by atoms with van der Waals surface area (Å²) in [6.07, 6.45) is 1.85. The molecule has 2 aliphatic rings. The first kappa shape index (κ1) is 22.0. The molecule has 1 atom stereocenters. The predicted molar refractivity (Wildman–Crippen MR) is 133 cm³/mol. The van der Waals surface area contributed by atoms with Gasteiger partial charge in [-0.1, -0.05) is 97.1 Å². The number of carbonyl (C=O) groups is 1. The molecule has 0 bridgehead atoms. The van der Waals surface area contributed by atoms with Crippen LogP contribution in [0.1, 0.15) is 35.6 Å². The number of hydrogen-bond donors (Lipinski definition) is 2. The highest BCUT2D eigenvalue weighted by Crippen LogP contribution is 2.35. The van der Waals surface area contributed by atoms with Crippen molar-refractivity contribution in [3.8, 4) is 0 Å². The van der Waals surface area contributed by atoms with E-state index in [1.165, 1.54) is 11.1 Å². The third-order valence-corrected chi connectivity index (χ3v) is 6.47. The molecular formula is C29H29N3O2. The second kappa shape index (κ2) is 9.57. The molecule has 1 unspecified atom stereocenters. The average Bonchev–Trinajstić information content (AvgIpc) is 2.84. The van der Waals surface area contributed by atoms with Gasteiger partial charge in [0.05, 0.1) is 11.6 Å². The molecule has 5 rings (SSSR count). The molecule has 0 radical (unpaired) electrons. The fourth-order valence-corrected chi connectivity index (χ4v) is 4.84. The number of allylic oxidation sites excluding steroid dienone is 2. The van der Waals surface area contributed by atoms with Crippen molar-refractivity contribution < 1.29 is 9.53 Å². The number of nitrogens with two attached hydrogens (primary N) is 1. The second-order valence-electron chi connectivity index (χ2n) is 8.90. The molecule has 0 spiro atoms. The predicted octanol–water partition coefficient (Wildman–Crippen LogP) is 4.46. The summed E-state index contributed by atoms with van der Waals surface area (Å²) in [6.45, 7) is 3.29. The lowest BCUT2D eigenvalue weighted by molar-refractivity contribution is -0.154. The van der Waals surface area contributed by atoms with Gasteiger partial charge in [-0.3, -0.25) is 4.90 Å². The number of nitrogens with one attached hydrogen (secondary N) is 1. The Morgan fingerprint density at radius 3 is 2.00 bits per heavy atom. The van der Waals surface area contributed by atoms with Crippen molar-refractivity contribution in [3.05, 3.63) is 131 Å². The molecule has 2 heterocycles. The zero-order chi connectivity index (χ0) is 23.5. The van der Waals surface area contributed by atoms with Crippen LogP contribution < -0.4 is 11.1 Å². The molecule has 5 nitrogen and oxygen atoms in total. The van der Waals surface area contributed by atoms with E-state index in [0.717, 1.165) is 11.3 Å². The molecule has 0 aromatic heterocycles. The number of nitrogens with zero attached hydrogens (tertiary/aromatic N) is 1. The SMILES string of the molecule is CC1=CC(c2ccccc2)C(C(=O)OC2CN(C(c3ccccc3)c3ccccc3)C2)=C(N)N1. The lowest BCUT2D eigenvalue weighted by Crippen LogP contribution is -2.54. The van der Waals surface area contributed by atoms with Crippen LogP contribution in [-0.2, 0) is 9.53 Å². The highest BCUT2D eigenvalue weighted by atomic mass is 16.5. The molecule has 2 aliphatic heterocycles. The zero-order valence-corrected chi connectivity index (χ0v) is 19.2. The zero-order valence-electron chi connectivity index (χ0n) is 19.2. The standard InChI is InChI=1S/C29H29N3O2/c1-20-17-25(21-11-5-2-6-12-21)26(28(30)31-20)29(33)34-24-18-32(19-24)27(22-13-7-3-8-14-22)23-15-9-4-10-16-23/h2-17,24-25,27,31H,18-19,30H2,1H3. The molecule has 5 heteroatoms. The fraction of sp³-hybridized carbons (Fsp3) is 0.207. The monoisotopic (exact) mass is 451 g/mol. The summed E-state index contributed by atoms with van der Waals surface area (Å²) < 4.78 is 5.95. The van der Waals surface area contributed by atoms with Gasteiger partial charge in [0.2, 0.25) is 0 Å². The van der Waals surface area contributed by atoms with E-state index in [1.54, 1.807) is 0 Å². The minimum absolute atomic E-state index is 0.126. The van der Waals surface area contributed by atoms with Crippen molar-refractivity contribution in [2.75, 3.05) is 13.1 Å². The third-order valence-electron chi connectivity index (χ3n) is 6.47. The van der Waals surface area contributed by atoms with Gasteiger partial charge in [-0.25, -0.2) is 4.79 Å². The van der Waals surface area contributed by atoms with Gasteiger partial charge in [0.15, 0.2) is 0 Å². The van der Waals surface area contributed by atoms with Gasteiger partial charge < -0.3 is 15.8 Å². The van der Waals surface area contributed by atoms with E-state index < -0.39 is 0 Å². The Kier molecular flexibility index (Phi) is 6.19. The maximum absolute atomic E-state index is 13.3. The molecule has 3 aromatic carbocycles. The number of esters is 1. The summed E-state index contributed by atoms with van der Waals surface area (Å²) in [5, 5.41) is 3.10. The van der Waals surface area contributed by atoms with Crippen molar-refractivity contribution in [1.29, 1.82) is 0 Å². The maximum Gasteiger partial charge on any atom is 0.339 e. The van der Waals surface area contributed by atoms with E-state index in [-0.39, 0.29) is 24.0 Å². The maximum atomic E-state index is 13.3. The van der Waals surface area contributed by atoms with Gasteiger partial charge in [0, 0.05) is 24.7 Å². The Morgan fingerprint density at radius 2 is 1.44 bits per heavy atom. The minimum atomic E-state index is -0.358. The van der Waals surface area contributed by atoms with Crippen LogP contribution in [-0.4, -0.2) is 30.1 Å². The van der Waals surface area contributed by atoms with Crippen LogP contribution in [0.3, 0.4) is 0 Å². The minimum Gasteiger partial charge on any atom is -0.456 e. The smallest absolute Gasteiger partial charge is 0.339 e. The molecule has 3 N–H and O–H groups in total. The van der Waals surface area contributed by atoms with Crippen LogP contribution in [0.2, 0.25) is 0 Å². The second-order valence-corrected chi connectivity index (χ2v) is 8.90. The van der Waals surface area contributed by atoms with E-state index in [2.05, 4.69) is 58.7 Å². The Morgan fingerprint density at radius 1 is 0.912 bits per heavy atom. The van der Waals surface area contributed by atoms with E-state index in [1.807, 2.05) is 55.5 Å². The van der Waals surface area contributed by atoms with Crippen LogP contribution in [0.5, 0.6) is 0 Å². The number of carbonyl (C=O) groups excluding carboxylic acids is 1. The van der Waals surface area contributed by atoms with Gasteiger partial charge in [0.1, 0.15) is 11.9 Å². The average molecular weight is 452 g/mol. The number of benzene rings is 3. The molecule has 34 heavy (non-hydrogen) atoms. The molecule has 1 fully saturated rings. The summed E-state index contributed by atoms with van der Waals surface area (Å²) in [6, 6.07) is 30.9. The molecule has 3 aromatic rings. The van der Waals surface area contributed by atoms with Crippen molar-refractivity contribution in [2.45, 2.75) is 25.0 Å². The Balaban J connectivity index is 1.31. The van der Waals surface area contributed by atoms with Crippen LogP contribution >= 0.6 is 0 Å². The molecule has 0 saturated carbocycles. The summed E-state index contributed by atoms with van der Waals surface area (Å²) in [5.74, 6) is -0.225. The first-order valence-corrected chi connectivity index (χ1v) is 11.6. The number of likely N-dealkylation sites (tertiary alicyclic amines) is 1. The largest absolute Gasteiger partial charge is 0.456 e. The molecule has 1 saturated heterocycles. The van der Waals surface area contributed by atoms with Crippen LogP contribution in [0.15, 0.2) is 114 Å². The van der Waals surface area contributed by atoms with E-state index in [9.17, 15) is 4.79 Å². The lowest BCUT2D eigenvalue weighted by atomic mass is 9.88. The Bertz CT molecular complexity index is 1160. The molecular weight excluding hydrogens is 422 g/mol. The van der Waals surface area contributed by atoms with Crippen LogP contribution in [0.4, 0.5) is 0 Å². The highest BCUT2D eigenvalue weighted by Gasteiger charge is 2.38. The summed E-state index contributed by atoms with van der Waals surface area (Å²) >= 11 is 0. The summed E-state index contributed by atoms with van der Waals surface area (Å²) in [5.41, 5.74) is 11.1. The lowest BCUT2D eigenvalue weighted by Gasteiger charge is -2.44. The summed E-state index contributed by atoms with van der Waals surface area (Å²) in [7, 11) is 0. The van der Waals surface area contributed by atoms with Gasteiger partial charge in [0.25, 0.3) is 0 Å². The van der Waals surface area contributed by atoms with Crippen molar-refractivity contribution in [3.63, 3.8) is 0 Å². The third kappa shape index (κ3) is 4.47. The van der Waals surface area contributed by atoms with Crippen LogP contribution in [0.25, 0.3) is 0 Å². The Hall–Kier alpha value is -3.83. The molecule has 0 aliphatic carbocycles. The van der Waals surface area contributed by atoms with E-state index in [0.29, 0.717) is 24.5 Å². The molecule has 172 valence electrons.